The van der Waals surface area contributed by atoms with Gasteiger partial charge in [-0.1, -0.05) is 81.9 Å². The van der Waals surface area contributed by atoms with Gasteiger partial charge in [-0.2, -0.15) is 0 Å². The maximum absolute atomic E-state index is 13.4. The zero-order valence-electron chi connectivity index (χ0n) is 25.7. The van der Waals surface area contributed by atoms with Crippen LogP contribution in [0, 0.1) is 17.3 Å². The summed E-state index contributed by atoms with van der Waals surface area (Å²) in [5.74, 6) is -0.562. The van der Waals surface area contributed by atoms with Gasteiger partial charge in [-0.25, -0.2) is 0 Å². The van der Waals surface area contributed by atoms with Gasteiger partial charge < -0.3 is 24.1 Å². The monoisotopic (exact) mass is 552 g/mol. The first kappa shape index (κ1) is 33.2. The molecule has 0 radical (unpaired) electrons. The summed E-state index contributed by atoms with van der Waals surface area (Å²) in [4.78, 5) is 13.4. The highest BCUT2D eigenvalue weighted by molar-refractivity contribution is 6.77. The van der Waals surface area contributed by atoms with E-state index in [0.717, 1.165) is 12.0 Å². The van der Waals surface area contributed by atoms with E-state index in [4.69, 9.17) is 13.9 Å². The number of carbonyl (C=O) groups is 1. The second-order valence-electron chi connectivity index (χ2n) is 13.6. The first-order valence-electron chi connectivity index (χ1n) is 14.7. The molecule has 0 amide bonds. The fourth-order valence-corrected chi connectivity index (χ4v) is 12.6. The van der Waals surface area contributed by atoms with E-state index in [9.17, 15) is 15.0 Å². The lowest BCUT2D eigenvalue weighted by molar-refractivity contribution is -0.175. The van der Waals surface area contributed by atoms with Crippen molar-refractivity contribution in [1.29, 1.82) is 0 Å². The van der Waals surface area contributed by atoms with E-state index in [-0.39, 0.29) is 42.5 Å². The van der Waals surface area contributed by atoms with E-state index in [2.05, 4.69) is 61.6 Å². The van der Waals surface area contributed by atoms with Gasteiger partial charge in [0.25, 0.3) is 0 Å². The van der Waals surface area contributed by atoms with Crippen LogP contribution in [0.2, 0.25) is 16.6 Å². The average molecular weight is 553 g/mol. The number of ether oxygens (including phenoxy) is 2. The van der Waals surface area contributed by atoms with Crippen molar-refractivity contribution in [3.05, 3.63) is 24.8 Å². The Balaban J connectivity index is 2.45. The van der Waals surface area contributed by atoms with Gasteiger partial charge in [0.15, 0.2) is 0 Å². The van der Waals surface area contributed by atoms with Crippen LogP contribution in [0.3, 0.4) is 0 Å². The van der Waals surface area contributed by atoms with E-state index >= 15 is 0 Å². The number of hydrogen-bond acceptors (Lipinski definition) is 6. The van der Waals surface area contributed by atoms with Crippen LogP contribution in [0.4, 0.5) is 0 Å². The number of esters is 1. The molecule has 2 rings (SSSR count). The highest BCUT2D eigenvalue weighted by Gasteiger charge is 2.50. The van der Waals surface area contributed by atoms with Crippen molar-refractivity contribution in [1.82, 2.24) is 0 Å². The number of cyclic esters (lactones) is 1. The Morgan fingerprint density at radius 3 is 2.11 bits per heavy atom. The molecule has 0 aliphatic carbocycles. The molecule has 0 aromatic heterocycles. The van der Waals surface area contributed by atoms with E-state index in [0.29, 0.717) is 29.5 Å². The van der Waals surface area contributed by atoms with Crippen molar-refractivity contribution in [2.75, 3.05) is 0 Å². The van der Waals surface area contributed by atoms with Crippen molar-refractivity contribution in [3.63, 3.8) is 0 Å². The highest BCUT2D eigenvalue weighted by Crippen LogP contribution is 2.46. The molecule has 2 bridgehead atoms. The number of aliphatic hydroxyl groups excluding tert-OH is 2. The first-order chi connectivity index (χ1) is 17.5. The highest BCUT2D eigenvalue weighted by atomic mass is 28.4. The van der Waals surface area contributed by atoms with Gasteiger partial charge in [0, 0.05) is 11.3 Å². The summed E-state index contributed by atoms with van der Waals surface area (Å²) in [5.41, 5.74) is 1.29. The maximum atomic E-state index is 13.4. The lowest BCUT2D eigenvalue weighted by Crippen LogP contribution is -2.55. The fourth-order valence-electron chi connectivity index (χ4n) is 6.98. The molecule has 220 valence electrons. The summed E-state index contributed by atoms with van der Waals surface area (Å²) in [6, 6.07) is 0. The minimum atomic E-state index is -2.17. The molecule has 2 heterocycles. The topological polar surface area (TPSA) is 85.2 Å². The summed E-state index contributed by atoms with van der Waals surface area (Å²) in [6.45, 7) is 29.5. The predicted octanol–water partition coefficient (Wildman–Crippen LogP) is 6.56. The van der Waals surface area contributed by atoms with Crippen LogP contribution in [0.25, 0.3) is 0 Å². The van der Waals surface area contributed by atoms with Crippen molar-refractivity contribution >= 4 is 14.3 Å². The molecular weight excluding hydrogens is 496 g/mol. The second-order valence-corrected chi connectivity index (χ2v) is 19.0. The van der Waals surface area contributed by atoms with Crippen LogP contribution in [0.15, 0.2) is 24.8 Å². The van der Waals surface area contributed by atoms with Gasteiger partial charge in [-0.15, -0.1) is 6.58 Å². The summed E-state index contributed by atoms with van der Waals surface area (Å²) in [7, 11) is -2.17. The van der Waals surface area contributed by atoms with Crippen molar-refractivity contribution < 1.29 is 28.9 Å². The third-order valence-corrected chi connectivity index (χ3v) is 15.7. The zero-order chi connectivity index (χ0) is 29.2. The molecule has 0 saturated carbocycles. The standard InChI is InChI=1S/C31H56O6Si/c1-13-27(32)31(11,12)28-15-22(9)30(34)21(8)14-24-16-26(23(10)25(35-24)17-29(33)36-28)37-38(18(2)3,19(4)5)20(6)7/h13,18-20,22-28,30,32,34H,1,8,14-17H2,2-7,9-12H3/t22-,23+,24?,25+,26+,27-,28-,30+/m1/s1. The van der Waals surface area contributed by atoms with E-state index in [1.807, 2.05) is 20.8 Å². The molecule has 2 N–H and O–H groups in total. The molecule has 1 unspecified atom stereocenters. The van der Waals surface area contributed by atoms with Crippen molar-refractivity contribution in [3.8, 4) is 0 Å². The van der Waals surface area contributed by atoms with Crippen LogP contribution >= 0.6 is 0 Å². The van der Waals surface area contributed by atoms with Crippen LogP contribution in [0.5, 0.6) is 0 Å². The summed E-state index contributed by atoms with van der Waals surface area (Å²) < 4.78 is 19.8. The molecule has 2 fully saturated rings. The quantitative estimate of drug-likeness (QED) is 0.201. The lowest BCUT2D eigenvalue weighted by atomic mass is 9.75. The Kier molecular flexibility index (Phi) is 11.5. The Morgan fingerprint density at radius 2 is 1.61 bits per heavy atom. The molecule has 0 aromatic carbocycles. The molecule has 6 nitrogen and oxygen atoms in total. The molecule has 2 saturated heterocycles. The fraction of sp³-hybridized carbons (Fsp3) is 0.839. The smallest absolute Gasteiger partial charge is 0.308 e. The van der Waals surface area contributed by atoms with E-state index in [1.165, 1.54) is 6.08 Å². The van der Waals surface area contributed by atoms with Crippen molar-refractivity contribution in [2.24, 2.45) is 17.3 Å². The van der Waals surface area contributed by atoms with Crippen LogP contribution in [-0.2, 0) is 18.7 Å². The third kappa shape index (κ3) is 7.01. The second kappa shape index (κ2) is 13.1. The van der Waals surface area contributed by atoms with Gasteiger partial charge in [-0.3, -0.25) is 4.79 Å². The average Bonchev–Trinajstić information content (AvgIpc) is 2.81. The molecule has 8 atom stereocenters. The summed E-state index contributed by atoms with van der Waals surface area (Å²) in [5, 5.41) is 21.8. The molecule has 2 aliphatic heterocycles. The Morgan fingerprint density at radius 1 is 1.05 bits per heavy atom. The molecule has 0 aromatic rings. The third-order valence-electron chi connectivity index (χ3n) is 9.59. The minimum absolute atomic E-state index is 0.00667. The zero-order valence-corrected chi connectivity index (χ0v) is 26.7. The number of rotatable bonds is 8. The van der Waals surface area contributed by atoms with Gasteiger partial charge in [-0.05, 0) is 47.4 Å². The van der Waals surface area contributed by atoms with Gasteiger partial charge >= 0.3 is 5.97 Å². The largest absolute Gasteiger partial charge is 0.462 e. The number of carbonyl (C=O) groups excluding carboxylic acids is 1. The van der Waals surface area contributed by atoms with Gasteiger partial charge in [0.1, 0.15) is 6.10 Å². The molecule has 2 aliphatic rings. The molecular formula is C31H56O6Si. The molecule has 0 spiro atoms. The van der Waals surface area contributed by atoms with Gasteiger partial charge in [0.05, 0.1) is 36.9 Å². The SMILES string of the molecule is C=C[C@@H](O)C(C)(C)[C@H]1C[C@@H](C)[C@@H](O)C(=C)CC2C[C@H](O[Si](C(C)C)(C(C)C)C(C)C)[C@@H](C)[C@H](CC(=O)O1)O2. The summed E-state index contributed by atoms with van der Waals surface area (Å²) in [6.07, 6.45) is 0.394. The Hall–Kier alpha value is -0.993. The molecule has 7 heteroatoms. The van der Waals surface area contributed by atoms with Crippen LogP contribution in [0.1, 0.15) is 94.9 Å². The van der Waals surface area contributed by atoms with E-state index in [1.54, 1.807) is 0 Å². The van der Waals surface area contributed by atoms with Crippen LogP contribution < -0.4 is 0 Å². The molecule has 38 heavy (non-hydrogen) atoms. The normalized spacial score (nSPS) is 33.1. The number of fused-ring (bicyclic) bond motifs is 2. The minimum Gasteiger partial charge on any atom is -0.462 e. The summed E-state index contributed by atoms with van der Waals surface area (Å²) >= 11 is 0. The van der Waals surface area contributed by atoms with Crippen LogP contribution in [-0.4, -0.2) is 61.1 Å². The maximum Gasteiger partial charge on any atom is 0.308 e. The number of aliphatic hydroxyl groups is 2. The van der Waals surface area contributed by atoms with Crippen molar-refractivity contribution in [2.45, 2.75) is 148 Å². The Bertz CT molecular complexity index is 799. The number of hydrogen-bond donors (Lipinski definition) is 2. The Labute approximate surface area is 233 Å². The van der Waals surface area contributed by atoms with E-state index < -0.39 is 32.0 Å². The first-order valence-corrected chi connectivity index (χ1v) is 16.8. The predicted molar refractivity (Wildman–Crippen MR) is 156 cm³/mol. The lowest BCUT2D eigenvalue weighted by Gasteiger charge is -2.49. The van der Waals surface area contributed by atoms with Gasteiger partial charge in [0.2, 0.25) is 8.32 Å².